The topological polar surface area (TPSA) is 67.2 Å². The van der Waals surface area contributed by atoms with Gasteiger partial charge in [0.2, 0.25) is 5.91 Å². The molecule has 166 valence electrons. The quantitative estimate of drug-likeness (QED) is 0.528. The Labute approximate surface area is 192 Å². The van der Waals surface area contributed by atoms with Crippen LogP contribution in [0, 0.1) is 6.92 Å². The Morgan fingerprint density at radius 2 is 1.82 bits per heavy atom. The van der Waals surface area contributed by atoms with Crippen molar-refractivity contribution in [3.05, 3.63) is 89.7 Å². The third kappa shape index (κ3) is 3.89. The summed E-state index contributed by atoms with van der Waals surface area (Å²) in [6, 6.07) is 23.2. The summed E-state index contributed by atoms with van der Waals surface area (Å²) in [5, 5.41) is 2.94. The molecule has 1 atom stereocenters. The van der Waals surface area contributed by atoms with Gasteiger partial charge in [0.15, 0.2) is 0 Å². The highest BCUT2D eigenvalue weighted by molar-refractivity contribution is 6.00. The number of fused-ring (bicyclic) bond motifs is 1. The Morgan fingerprint density at radius 3 is 2.64 bits per heavy atom. The number of imidazole rings is 1. The summed E-state index contributed by atoms with van der Waals surface area (Å²) < 4.78 is 2.00. The van der Waals surface area contributed by atoms with E-state index in [2.05, 4.69) is 28.5 Å². The third-order valence-corrected chi connectivity index (χ3v) is 6.46. The molecular formula is C27H26N4O2. The van der Waals surface area contributed by atoms with E-state index < -0.39 is 6.04 Å². The van der Waals surface area contributed by atoms with Gasteiger partial charge in [-0.2, -0.15) is 0 Å². The molecule has 0 bridgehead atoms. The second kappa shape index (κ2) is 8.54. The highest BCUT2D eigenvalue weighted by Crippen LogP contribution is 2.27. The van der Waals surface area contributed by atoms with Gasteiger partial charge in [-0.3, -0.25) is 9.59 Å². The van der Waals surface area contributed by atoms with E-state index in [1.54, 1.807) is 4.90 Å². The summed E-state index contributed by atoms with van der Waals surface area (Å²) in [7, 11) is 1.96. The number of nitrogens with zero attached hydrogens (tertiary/aromatic N) is 3. The molecule has 2 heterocycles. The summed E-state index contributed by atoms with van der Waals surface area (Å²) in [5.41, 5.74) is 5.53. The van der Waals surface area contributed by atoms with Gasteiger partial charge in [0.1, 0.15) is 11.9 Å². The molecule has 1 fully saturated rings. The molecule has 0 radical (unpaired) electrons. The first-order valence-electron chi connectivity index (χ1n) is 11.2. The normalized spacial score (nSPS) is 16.1. The maximum Gasteiger partial charge on any atom is 0.254 e. The SMILES string of the molecule is Cc1nc2cc(C(=O)N3CCNC(=O)[C@H]3Cc3ccccc3-c3ccccc3)ccc2n1C. The number of rotatable bonds is 4. The fourth-order valence-corrected chi connectivity index (χ4v) is 4.59. The van der Waals surface area contributed by atoms with Gasteiger partial charge in [0, 0.05) is 32.1 Å². The first-order chi connectivity index (χ1) is 16.0. The molecule has 0 saturated carbocycles. The fourth-order valence-electron chi connectivity index (χ4n) is 4.59. The Bertz CT molecular complexity index is 1340. The number of nitrogens with one attached hydrogen (secondary N) is 1. The van der Waals surface area contributed by atoms with Crippen LogP contribution in [-0.4, -0.2) is 45.4 Å². The lowest BCUT2D eigenvalue weighted by atomic mass is 9.93. The summed E-state index contributed by atoms with van der Waals surface area (Å²) in [6.07, 6.45) is 0.452. The lowest BCUT2D eigenvalue weighted by Gasteiger charge is -2.35. The van der Waals surface area contributed by atoms with E-state index in [1.807, 2.05) is 73.1 Å². The summed E-state index contributed by atoms with van der Waals surface area (Å²) in [5.74, 6) is 0.631. The van der Waals surface area contributed by atoms with Crippen LogP contribution in [0.15, 0.2) is 72.8 Å². The van der Waals surface area contributed by atoms with Crippen LogP contribution in [0.4, 0.5) is 0 Å². The molecule has 6 heteroatoms. The molecule has 33 heavy (non-hydrogen) atoms. The number of carbonyl (C=O) groups is 2. The van der Waals surface area contributed by atoms with Crippen molar-refractivity contribution < 1.29 is 9.59 Å². The predicted octanol–water partition coefficient (Wildman–Crippen LogP) is 3.73. The van der Waals surface area contributed by atoms with E-state index in [0.717, 1.165) is 33.5 Å². The van der Waals surface area contributed by atoms with Gasteiger partial charge in [-0.05, 0) is 41.8 Å². The van der Waals surface area contributed by atoms with E-state index in [4.69, 9.17) is 0 Å². The van der Waals surface area contributed by atoms with Crippen molar-refractivity contribution in [1.82, 2.24) is 19.8 Å². The molecule has 1 saturated heterocycles. The van der Waals surface area contributed by atoms with Crippen LogP contribution in [0.2, 0.25) is 0 Å². The lowest BCUT2D eigenvalue weighted by Crippen LogP contribution is -2.58. The highest BCUT2D eigenvalue weighted by Gasteiger charge is 2.34. The first-order valence-corrected chi connectivity index (χ1v) is 11.2. The molecule has 0 unspecified atom stereocenters. The largest absolute Gasteiger partial charge is 0.353 e. The minimum absolute atomic E-state index is 0.118. The number of aromatic nitrogens is 2. The van der Waals surface area contributed by atoms with Crippen molar-refractivity contribution in [2.75, 3.05) is 13.1 Å². The summed E-state index contributed by atoms with van der Waals surface area (Å²) >= 11 is 0. The van der Waals surface area contributed by atoms with Crippen molar-refractivity contribution in [1.29, 1.82) is 0 Å². The lowest BCUT2D eigenvalue weighted by molar-refractivity contribution is -0.127. The van der Waals surface area contributed by atoms with Gasteiger partial charge in [-0.15, -0.1) is 0 Å². The molecule has 3 aromatic carbocycles. The second-order valence-corrected chi connectivity index (χ2v) is 8.45. The molecule has 1 aromatic heterocycles. The van der Waals surface area contributed by atoms with Gasteiger partial charge in [-0.25, -0.2) is 4.98 Å². The smallest absolute Gasteiger partial charge is 0.254 e. The van der Waals surface area contributed by atoms with Gasteiger partial charge < -0.3 is 14.8 Å². The summed E-state index contributed by atoms with van der Waals surface area (Å²) in [4.78, 5) is 32.7. The first kappa shape index (κ1) is 20.9. The standard InChI is InChI=1S/C27H26N4O2/c1-18-29-23-16-21(12-13-24(23)30(18)2)27(33)31-15-14-28-26(32)25(31)17-20-10-6-7-11-22(20)19-8-4-3-5-9-19/h3-13,16,25H,14-15,17H2,1-2H3,(H,28,32)/t25-/m1/s1. The molecule has 2 amide bonds. The Morgan fingerprint density at radius 1 is 1.06 bits per heavy atom. The number of amides is 2. The van der Waals surface area contributed by atoms with E-state index in [1.165, 1.54) is 0 Å². The molecular weight excluding hydrogens is 412 g/mol. The van der Waals surface area contributed by atoms with Crippen LogP contribution in [0.1, 0.15) is 21.7 Å². The zero-order valence-electron chi connectivity index (χ0n) is 18.8. The monoisotopic (exact) mass is 438 g/mol. The van der Waals surface area contributed by atoms with E-state index in [0.29, 0.717) is 25.1 Å². The van der Waals surface area contributed by atoms with E-state index >= 15 is 0 Å². The van der Waals surface area contributed by atoms with Crippen molar-refractivity contribution in [2.45, 2.75) is 19.4 Å². The number of benzene rings is 3. The Kier molecular flexibility index (Phi) is 5.42. The number of aryl methyl sites for hydroxylation is 2. The second-order valence-electron chi connectivity index (χ2n) is 8.45. The van der Waals surface area contributed by atoms with Gasteiger partial charge >= 0.3 is 0 Å². The number of hydrogen-bond donors (Lipinski definition) is 1. The number of carbonyl (C=O) groups excluding carboxylic acids is 2. The molecule has 4 aromatic rings. The van der Waals surface area contributed by atoms with Crippen LogP contribution in [0.25, 0.3) is 22.2 Å². The molecule has 1 N–H and O–H groups in total. The van der Waals surface area contributed by atoms with Crippen molar-refractivity contribution >= 4 is 22.8 Å². The molecule has 0 aliphatic carbocycles. The average molecular weight is 439 g/mol. The van der Waals surface area contributed by atoms with Gasteiger partial charge in [-0.1, -0.05) is 54.6 Å². The van der Waals surface area contributed by atoms with Gasteiger partial charge in [0.05, 0.1) is 11.0 Å². The Hall–Kier alpha value is -3.93. The van der Waals surface area contributed by atoms with Crippen LogP contribution >= 0.6 is 0 Å². The molecule has 0 spiro atoms. The fraction of sp³-hybridized carbons (Fsp3) is 0.222. The zero-order chi connectivity index (χ0) is 22.9. The predicted molar refractivity (Wildman–Crippen MR) is 129 cm³/mol. The minimum atomic E-state index is -0.572. The maximum absolute atomic E-state index is 13.5. The van der Waals surface area contributed by atoms with E-state index in [-0.39, 0.29) is 11.8 Å². The third-order valence-electron chi connectivity index (χ3n) is 6.46. The maximum atomic E-state index is 13.5. The number of piperazine rings is 1. The molecule has 5 rings (SSSR count). The van der Waals surface area contributed by atoms with Crippen molar-refractivity contribution in [2.24, 2.45) is 7.05 Å². The summed E-state index contributed by atoms with van der Waals surface area (Å²) in [6.45, 7) is 2.87. The molecule has 1 aliphatic rings. The van der Waals surface area contributed by atoms with Crippen LogP contribution in [0.5, 0.6) is 0 Å². The molecule has 1 aliphatic heterocycles. The van der Waals surface area contributed by atoms with Crippen LogP contribution in [-0.2, 0) is 18.3 Å². The number of hydrogen-bond acceptors (Lipinski definition) is 3. The zero-order valence-corrected chi connectivity index (χ0v) is 18.8. The van der Waals surface area contributed by atoms with Crippen molar-refractivity contribution in [3.63, 3.8) is 0 Å². The average Bonchev–Trinajstić information content (AvgIpc) is 3.13. The molecule has 6 nitrogen and oxygen atoms in total. The minimum Gasteiger partial charge on any atom is -0.353 e. The Balaban J connectivity index is 1.47. The van der Waals surface area contributed by atoms with Crippen LogP contribution in [0.3, 0.4) is 0 Å². The van der Waals surface area contributed by atoms with Gasteiger partial charge in [0.25, 0.3) is 5.91 Å². The highest BCUT2D eigenvalue weighted by atomic mass is 16.2. The van der Waals surface area contributed by atoms with Crippen molar-refractivity contribution in [3.8, 4) is 11.1 Å². The van der Waals surface area contributed by atoms with Crippen LogP contribution < -0.4 is 5.32 Å². The van der Waals surface area contributed by atoms with E-state index in [9.17, 15) is 9.59 Å².